The molecule has 154 valence electrons. The number of rotatable bonds is 3. The van der Waals surface area contributed by atoms with Crippen LogP contribution in [0.25, 0.3) is 0 Å². The fraction of sp³-hybridized carbons (Fsp3) is 0.143. The molecule has 3 heteroatoms. The molecule has 0 radical (unpaired) electrons. The van der Waals surface area contributed by atoms with Crippen LogP contribution in [-0.4, -0.2) is 23.3 Å². The number of hydrogen-bond acceptors (Lipinski definition) is 0. The van der Waals surface area contributed by atoms with E-state index in [1.807, 2.05) is 0 Å². The number of hydrogen-bond donors (Lipinski definition) is 0. The van der Waals surface area contributed by atoms with Crippen LogP contribution in [0.15, 0.2) is 109 Å². The van der Waals surface area contributed by atoms with Gasteiger partial charge in [-0.05, 0) is 0 Å². The van der Waals surface area contributed by atoms with Crippen molar-refractivity contribution in [2.75, 3.05) is 0 Å². The summed E-state index contributed by atoms with van der Waals surface area (Å²) in [5, 5.41) is 9.81. The Morgan fingerprint density at radius 1 is 0.452 bits per heavy atom. The highest BCUT2D eigenvalue weighted by atomic mass is 29.3. The first-order valence-electron chi connectivity index (χ1n) is 11.2. The van der Waals surface area contributed by atoms with Crippen molar-refractivity contribution in [3.63, 3.8) is 0 Å². The SMILES string of the molecule is C[Si]1(C)c2ccccc2[Si](C)([Si](C)(c2ccccc2)c2ccccc2)c2ccccc21. The molecular formula is C28H30Si3. The van der Waals surface area contributed by atoms with Crippen LogP contribution in [0.1, 0.15) is 0 Å². The van der Waals surface area contributed by atoms with Crippen LogP contribution in [0.5, 0.6) is 0 Å². The number of fused-ring (bicyclic) bond motifs is 2. The molecule has 0 aliphatic carbocycles. The van der Waals surface area contributed by atoms with Gasteiger partial charge in [0.15, 0.2) is 0 Å². The first-order chi connectivity index (χ1) is 14.9. The molecule has 0 nitrogen and oxygen atoms in total. The zero-order valence-electron chi connectivity index (χ0n) is 18.9. The Morgan fingerprint density at radius 3 is 1.16 bits per heavy atom. The molecule has 0 saturated heterocycles. The molecule has 0 bridgehead atoms. The topological polar surface area (TPSA) is 0 Å². The second-order valence-corrected chi connectivity index (χ2v) is 26.8. The minimum atomic E-state index is -2.13. The number of benzene rings is 4. The lowest BCUT2D eigenvalue weighted by Gasteiger charge is -2.51. The standard InChI is InChI=1S/C28H30Si3/c1-29(2)25-19-11-13-21-27(25)31(4,28-22-14-12-20-26(28)29)30(3,23-15-7-5-8-16-23)24-17-9-6-10-18-24/h5-22H,1-4H3. The van der Waals surface area contributed by atoms with Crippen LogP contribution in [0.2, 0.25) is 26.2 Å². The van der Waals surface area contributed by atoms with Crippen molar-refractivity contribution in [3.8, 4) is 0 Å². The molecule has 1 aliphatic heterocycles. The maximum absolute atomic E-state index is 2.68. The molecular weight excluding hydrogens is 421 g/mol. The molecule has 31 heavy (non-hydrogen) atoms. The van der Waals surface area contributed by atoms with Gasteiger partial charge in [-0.3, -0.25) is 0 Å². The highest BCUT2D eigenvalue weighted by molar-refractivity contribution is 7.60. The van der Waals surface area contributed by atoms with Crippen LogP contribution in [0.3, 0.4) is 0 Å². The Labute approximate surface area is 189 Å². The third-order valence-electron chi connectivity index (χ3n) is 7.98. The van der Waals surface area contributed by atoms with Crippen LogP contribution in [0.4, 0.5) is 0 Å². The summed E-state index contributed by atoms with van der Waals surface area (Å²) in [6.45, 7) is 10.4. The predicted octanol–water partition coefficient (Wildman–Crippen LogP) is 2.99. The van der Waals surface area contributed by atoms with Crippen molar-refractivity contribution in [2.45, 2.75) is 26.2 Å². The Bertz CT molecular complexity index is 1140. The Balaban J connectivity index is 1.95. The minimum Gasteiger partial charge on any atom is -0.0629 e. The molecule has 5 rings (SSSR count). The molecule has 4 aromatic carbocycles. The van der Waals surface area contributed by atoms with Crippen molar-refractivity contribution < 1.29 is 0 Å². The third kappa shape index (κ3) is 2.77. The van der Waals surface area contributed by atoms with Crippen molar-refractivity contribution in [1.82, 2.24) is 0 Å². The second kappa shape index (κ2) is 7.30. The fourth-order valence-corrected chi connectivity index (χ4v) is 28.7. The van der Waals surface area contributed by atoms with Gasteiger partial charge >= 0.3 is 0 Å². The molecule has 0 aromatic heterocycles. The molecule has 0 atom stereocenters. The minimum absolute atomic E-state index is 1.56. The molecule has 0 saturated carbocycles. The quantitative estimate of drug-likeness (QED) is 0.421. The summed E-state index contributed by atoms with van der Waals surface area (Å²) in [6, 6.07) is 41.9. The van der Waals surface area contributed by atoms with Gasteiger partial charge in [0.1, 0.15) is 23.3 Å². The van der Waals surface area contributed by atoms with E-state index >= 15 is 0 Å². The summed E-state index contributed by atoms with van der Waals surface area (Å²) in [6.07, 6.45) is 0. The monoisotopic (exact) mass is 450 g/mol. The van der Waals surface area contributed by atoms with Gasteiger partial charge in [-0.15, -0.1) is 0 Å². The van der Waals surface area contributed by atoms with Crippen LogP contribution >= 0.6 is 0 Å². The van der Waals surface area contributed by atoms with Gasteiger partial charge in [0.25, 0.3) is 0 Å². The summed E-state index contributed by atoms with van der Waals surface area (Å²) in [7, 11) is -6.00. The first-order valence-corrected chi connectivity index (χ1v) is 20.2. The zero-order valence-corrected chi connectivity index (χ0v) is 21.9. The van der Waals surface area contributed by atoms with Gasteiger partial charge in [0.05, 0.1) is 0 Å². The lowest BCUT2D eigenvalue weighted by atomic mass is 10.3. The van der Waals surface area contributed by atoms with E-state index in [0.717, 1.165) is 0 Å². The van der Waals surface area contributed by atoms with E-state index in [1.165, 1.54) is 0 Å². The Morgan fingerprint density at radius 2 is 0.774 bits per heavy atom. The van der Waals surface area contributed by atoms with E-state index in [9.17, 15) is 0 Å². The van der Waals surface area contributed by atoms with E-state index < -0.39 is 23.3 Å². The van der Waals surface area contributed by atoms with E-state index in [4.69, 9.17) is 0 Å². The summed E-state index contributed by atoms with van der Waals surface area (Å²) in [5.74, 6) is 0. The highest BCUT2D eigenvalue weighted by Crippen LogP contribution is 2.24. The smallest absolute Gasteiger partial charge is 0.0629 e. The average Bonchev–Trinajstić information content (AvgIpc) is 2.83. The van der Waals surface area contributed by atoms with Gasteiger partial charge in [-0.1, -0.05) is 167 Å². The Hall–Kier alpha value is -2.47. The van der Waals surface area contributed by atoms with Crippen LogP contribution in [-0.2, 0) is 0 Å². The lowest BCUT2D eigenvalue weighted by Crippen LogP contribution is -2.91. The van der Waals surface area contributed by atoms with Crippen molar-refractivity contribution >= 4 is 54.4 Å². The van der Waals surface area contributed by atoms with Gasteiger partial charge in [0, 0.05) is 0 Å². The van der Waals surface area contributed by atoms with E-state index in [1.54, 1.807) is 31.1 Å². The zero-order chi connectivity index (χ0) is 21.7. The Kier molecular flexibility index (Phi) is 4.81. The summed E-state index contributed by atoms with van der Waals surface area (Å²) in [4.78, 5) is 0. The molecule has 0 N–H and O–H groups in total. The molecule has 0 fully saturated rings. The maximum atomic E-state index is 2.68. The predicted molar refractivity (Wildman–Crippen MR) is 144 cm³/mol. The molecule has 0 amide bonds. The van der Waals surface area contributed by atoms with E-state index in [0.29, 0.717) is 0 Å². The highest BCUT2D eigenvalue weighted by Gasteiger charge is 2.58. The molecule has 1 aliphatic rings. The summed E-state index contributed by atoms with van der Waals surface area (Å²) < 4.78 is 0. The van der Waals surface area contributed by atoms with E-state index in [2.05, 4.69) is 135 Å². The first kappa shape index (κ1) is 20.4. The lowest BCUT2D eigenvalue weighted by molar-refractivity contribution is 1.65. The molecule has 4 aromatic rings. The van der Waals surface area contributed by atoms with Gasteiger partial charge in [-0.25, -0.2) is 0 Å². The van der Waals surface area contributed by atoms with Crippen molar-refractivity contribution in [2.24, 2.45) is 0 Å². The molecule has 0 unspecified atom stereocenters. The van der Waals surface area contributed by atoms with Crippen molar-refractivity contribution in [3.05, 3.63) is 109 Å². The van der Waals surface area contributed by atoms with Crippen LogP contribution < -0.4 is 31.1 Å². The summed E-state index contributed by atoms with van der Waals surface area (Å²) in [5.41, 5.74) is 0. The molecule has 0 spiro atoms. The second-order valence-electron chi connectivity index (χ2n) is 9.70. The molecule has 1 heterocycles. The maximum Gasteiger partial charge on any atom is 0.118 e. The van der Waals surface area contributed by atoms with E-state index in [-0.39, 0.29) is 0 Å². The normalized spacial score (nSPS) is 16.3. The van der Waals surface area contributed by atoms with Gasteiger partial charge in [0.2, 0.25) is 0 Å². The van der Waals surface area contributed by atoms with Crippen LogP contribution in [0, 0.1) is 0 Å². The third-order valence-corrected chi connectivity index (χ3v) is 29.4. The van der Waals surface area contributed by atoms with Crippen molar-refractivity contribution in [1.29, 1.82) is 0 Å². The average molecular weight is 451 g/mol. The fourth-order valence-electron chi connectivity index (χ4n) is 6.04. The largest absolute Gasteiger partial charge is 0.118 e. The van der Waals surface area contributed by atoms with Gasteiger partial charge < -0.3 is 0 Å². The summed E-state index contributed by atoms with van der Waals surface area (Å²) >= 11 is 0. The van der Waals surface area contributed by atoms with Gasteiger partial charge in [-0.2, -0.15) is 0 Å².